The maximum Gasteiger partial charge on any atom is 0.313 e. The molecule has 0 radical (unpaired) electrons. The van der Waals surface area contributed by atoms with Crippen LogP contribution in [0.5, 0.6) is 0 Å². The highest BCUT2D eigenvalue weighted by molar-refractivity contribution is 7.09. The first-order chi connectivity index (χ1) is 9.41. The molecule has 2 unspecified atom stereocenters. The van der Waals surface area contributed by atoms with Crippen LogP contribution in [0.4, 0.5) is 0 Å². The number of aryl methyl sites for hydroxylation is 1. The molecule has 7 heteroatoms. The van der Waals surface area contributed by atoms with E-state index in [1.54, 1.807) is 13.0 Å². The van der Waals surface area contributed by atoms with E-state index in [1.807, 2.05) is 12.3 Å². The van der Waals surface area contributed by atoms with E-state index in [2.05, 4.69) is 10.3 Å². The minimum absolute atomic E-state index is 0.0995. The van der Waals surface area contributed by atoms with E-state index in [0.717, 1.165) is 5.01 Å². The zero-order valence-electron chi connectivity index (χ0n) is 11.3. The molecule has 2 atom stereocenters. The van der Waals surface area contributed by atoms with Crippen LogP contribution in [0.2, 0.25) is 0 Å². The number of rotatable bonds is 4. The molecule has 0 spiro atoms. The summed E-state index contributed by atoms with van der Waals surface area (Å²) >= 11 is 1.50. The zero-order valence-corrected chi connectivity index (χ0v) is 12.1. The monoisotopic (exact) mass is 296 g/mol. The molecule has 1 aromatic heterocycles. The molecule has 0 bridgehead atoms. The normalized spacial score (nSPS) is 26.0. The molecule has 1 saturated heterocycles. The Labute approximate surface area is 120 Å². The Morgan fingerprint density at radius 2 is 2.40 bits per heavy atom. The molecule has 1 aliphatic heterocycles. The minimum Gasteiger partial charge on any atom is -0.481 e. The highest BCUT2D eigenvalue weighted by atomic mass is 32.1. The fourth-order valence-corrected chi connectivity index (χ4v) is 2.50. The van der Waals surface area contributed by atoms with Crippen LogP contribution in [0.15, 0.2) is 11.5 Å². The molecule has 6 nitrogen and oxygen atoms in total. The average molecular weight is 296 g/mol. The molecule has 1 amide bonds. The van der Waals surface area contributed by atoms with Gasteiger partial charge in [0.15, 0.2) is 0 Å². The number of carbonyl (C=O) groups is 2. The Balaban J connectivity index is 1.98. The summed E-state index contributed by atoms with van der Waals surface area (Å²) < 4.78 is 5.17. The molecule has 1 aliphatic rings. The van der Waals surface area contributed by atoms with Crippen molar-refractivity contribution in [3.8, 4) is 0 Å². The van der Waals surface area contributed by atoms with Crippen molar-refractivity contribution in [2.75, 3.05) is 13.2 Å². The summed E-state index contributed by atoms with van der Waals surface area (Å²) in [4.78, 5) is 27.3. The number of thiazole rings is 1. The molecule has 1 fully saturated rings. The van der Waals surface area contributed by atoms with Gasteiger partial charge in [0.2, 0.25) is 5.91 Å². The summed E-state index contributed by atoms with van der Waals surface area (Å²) in [6, 6.07) is -0.533. The number of aromatic nitrogens is 1. The number of carboxylic acid groups (broad SMARTS) is 1. The molecule has 2 heterocycles. The minimum atomic E-state index is -1.08. The van der Waals surface area contributed by atoms with E-state index >= 15 is 0 Å². The van der Waals surface area contributed by atoms with Crippen LogP contribution < -0.4 is 5.32 Å². The number of aliphatic carboxylic acids is 1. The largest absolute Gasteiger partial charge is 0.481 e. The SMILES string of the molecule is Cc1nc(C=CC(=O)NC2COCC2(C)C(=O)O)cs1. The van der Waals surface area contributed by atoms with Crippen molar-refractivity contribution in [1.82, 2.24) is 10.3 Å². The van der Waals surface area contributed by atoms with Crippen molar-refractivity contribution in [2.45, 2.75) is 19.9 Å². The molecular formula is C13H16N2O4S. The number of hydrogen-bond donors (Lipinski definition) is 2. The van der Waals surface area contributed by atoms with Gasteiger partial charge in [-0.2, -0.15) is 0 Å². The summed E-state index contributed by atoms with van der Waals surface area (Å²) in [6.45, 7) is 3.76. The zero-order chi connectivity index (χ0) is 14.8. The van der Waals surface area contributed by atoms with Crippen molar-refractivity contribution in [1.29, 1.82) is 0 Å². The van der Waals surface area contributed by atoms with Gasteiger partial charge in [0, 0.05) is 11.5 Å². The van der Waals surface area contributed by atoms with Crippen LogP contribution in [0.1, 0.15) is 17.6 Å². The van der Waals surface area contributed by atoms with Gasteiger partial charge in [0.25, 0.3) is 0 Å². The fourth-order valence-electron chi connectivity index (χ4n) is 1.92. The fraction of sp³-hybridized carbons (Fsp3) is 0.462. The van der Waals surface area contributed by atoms with Gasteiger partial charge < -0.3 is 15.2 Å². The second-order valence-corrected chi connectivity index (χ2v) is 5.99. The van der Waals surface area contributed by atoms with Crippen LogP contribution >= 0.6 is 11.3 Å². The number of carboxylic acids is 1. The summed E-state index contributed by atoms with van der Waals surface area (Å²) in [5, 5.41) is 14.7. The van der Waals surface area contributed by atoms with E-state index in [0.29, 0.717) is 5.69 Å². The highest BCUT2D eigenvalue weighted by Gasteiger charge is 2.47. The summed E-state index contributed by atoms with van der Waals surface area (Å²) in [5.74, 6) is -1.32. The summed E-state index contributed by atoms with van der Waals surface area (Å²) in [7, 11) is 0. The Hall–Kier alpha value is -1.73. The van der Waals surface area contributed by atoms with Crippen LogP contribution in [-0.4, -0.2) is 41.2 Å². The van der Waals surface area contributed by atoms with E-state index < -0.39 is 17.4 Å². The van der Waals surface area contributed by atoms with Crippen LogP contribution in [0, 0.1) is 12.3 Å². The van der Waals surface area contributed by atoms with Crippen LogP contribution in [0.3, 0.4) is 0 Å². The molecular weight excluding hydrogens is 280 g/mol. The van der Waals surface area contributed by atoms with Crippen molar-refractivity contribution >= 4 is 29.3 Å². The number of hydrogen-bond acceptors (Lipinski definition) is 5. The van der Waals surface area contributed by atoms with Gasteiger partial charge in [0.1, 0.15) is 5.41 Å². The van der Waals surface area contributed by atoms with E-state index in [-0.39, 0.29) is 19.1 Å². The third kappa shape index (κ3) is 3.05. The summed E-state index contributed by atoms with van der Waals surface area (Å²) in [5.41, 5.74) is -0.368. The maximum atomic E-state index is 11.8. The van der Waals surface area contributed by atoms with E-state index in [1.165, 1.54) is 17.4 Å². The Morgan fingerprint density at radius 3 is 3.00 bits per heavy atom. The van der Waals surface area contributed by atoms with Gasteiger partial charge in [-0.3, -0.25) is 9.59 Å². The van der Waals surface area contributed by atoms with Crippen molar-refractivity contribution < 1.29 is 19.4 Å². The van der Waals surface area contributed by atoms with Crippen LogP contribution in [0.25, 0.3) is 6.08 Å². The second-order valence-electron chi connectivity index (χ2n) is 4.92. The van der Waals surface area contributed by atoms with Crippen molar-refractivity contribution in [2.24, 2.45) is 5.41 Å². The number of ether oxygens (including phenoxy) is 1. The first-order valence-corrected chi connectivity index (χ1v) is 7.01. The third-order valence-corrected chi connectivity index (χ3v) is 4.09. The second kappa shape index (κ2) is 5.72. The van der Waals surface area contributed by atoms with Gasteiger partial charge in [-0.1, -0.05) is 0 Å². The number of carbonyl (C=O) groups excluding carboxylic acids is 1. The summed E-state index contributed by atoms with van der Waals surface area (Å²) in [6.07, 6.45) is 2.96. The van der Waals surface area contributed by atoms with Gasteiger partial charge in [-0.05, 0) is 19.9 Å². The molecule has 0 saturated carbocycles. The molecule has 0 aromatic carbocycles. The Bertz CT molecular complexity index is 554. The Morgan fingerprint density at radius 1 is 1.65 bits per heavy atom. The molecule has 0 aliphatic carbocycles. The number of nitrogens with zero attached hydrogens (tertiary/aromatic N) is 1. The van der Waals surface area contributed by atoms with Crippen molar-refractivity contribution in [3.63, 3.8) is 0 Å². The lowest BCUT2D eigenvalue weighted by atomic mass is 9.85. The van der Waals surface area contributed by atoms with Crippen LogP contribution in [-0.2, 0) is 14.3 Å². The smallest absolute Gasteiger partial charge is 0.313 e. The topological polar surface area (TPSA) is 88.5 Å². The van der Waals surface area contributed by atoms with Gasteiger partial charge in [-0.25, -0.2) is 4.98 Å². The molecule has 1 aromatic rings. The number of nitrogens with one attached hydrogen (secondary N) is 1. The van der Waals surface area contributed by atoms with Crippen molar-refractivity contribution in [3.05, 3.63) is 22.2 Å². The first kappa shape index (κ1) is 14.7. The van der Waals surface area contributed by atoms with E-state index in [9.17, 15) is 14.7 Å². The third-order valence-electron chi connectivity index (χ3n) is 3.30. The lowest BCUT2D eigenvalue weighted by molar-refractivity contribution is -0.148. The van der Waals surface area contributed by atoms with E-state index in [4.69, 9.17) is 4.74 Å². The quantitative estimate of drug-likeness (QED) is 0.811. The molecule has 108 valence electrons. The lowest BCUT2D eigenvalue weighted by Gasteiger charge is -2.24. The van der Waals surface area contributed by atoms with Gasteiger partial charge >= 0.3 is 5.97 Å². The lowest BCUT2D eigenvalue weighted by Crippen LogP contribution is -2.49. The highest BCUT2D eigenvalue weighted by Crippen LogP contribution is 2.28. The molecule has 2 N–H and O–H groups in total. The number of amides is 1. The van der Waals surface area contributed by atoms with Gasteiger partial charge in [-0.15, -0.1) is 11.3 Å². The average Bonchev–Trinajstić information content (AvgIpc) is 2.95. The molecule has 20 heavy (non-hydrogen) atoms. The maximum absolute atomic E-state index is 11.8. The first-order valence-electron chi connectivity index (χ1n) is 6.13. The Kier molecular flexibility index (Phi) is 4.20. The predicted molar refractivity (Wildman–Crippen MR) is 74.4 cm³/mol. The standard InChI is InChI=1S/C13H16N2O4S/c1-8-14-9(6-20-8)3-4-11(16)15-10-5-19-7-13(10,2)12(17)18/h3-4,6,10H,5,7H2,1-2H3,(H,15,16)(H,17,18). The molecule has 2 rings (SSSR count). The van der Waals surface area contributed by atoms with Gasteiger partial charge in [0.05, 0.1) is 30.0 Å². The predicted octanol–water partition coefficient (Wildman–Crippen LogP) is 1.07.